The van der Waals surface area contributed by atoms with E-state index in [0.717, 1.165) is 6.26 Å². The number of aromatic carboxylic acids is 1. The zero-order chi connectivity index (χ0) is 14.4. The van der Waals surface area contributed by atoms with Crippen LogP contribution in [-0.4, -0.2) is 26.2 Å². The zero-order valence-corrected chi connectivity index (χ0v) is 15.3. The maximum absolute atomic E-state index is 11.4. The quantitative estimate of drug-likeness (QED) is 0.182. The van der Waals surface area contributed by atoms with Crippen molar-refractivity contribution < 1.29 is 58.5 Å². The number of hydrogen-bond donors (Lipinski definition) is 0. The number of hydrogen-bond acceptors (Lipinski definition) is 6. The van der Waals surface area contributed by atoms with Crippen molar-refractivity contribution in [2.45, 2.75) is 0 Å². The summed E-state index contributed by atoms with van der Waals surface area (Å²) in [4.78, 5) is 22.4. The minimum absolute atomic E-state index is 0. The molecule has 0 saturated heterocycles. The first-order valence-electron chi connectivity index (χ1n) is 4.99. The second kappa shape index (κ2) is 9.22. The molecule has 0 atom stereocenters. The van der Waals surface area contributed by atoms with E-state index in [2.05, 4.69) is 9.47 Å². The van der Waals surface area contributed by atoms with Crippen LogP contribution >= 0.6 is 22.6 Å². The third kappa shape index (κ3) is 5.31. The van der Waals surface area contributed by atoms with Gasteiger partial charge in [-0.2, -0.15) is 0 Å². The van der Waals surface area contributed by atoms with Gasteiger partial charge in [-0.15, -0.1) is 0 Å². The Morgan fingerprint density at radius 3 is 2.45 bits per heavy atom. The maximum Gasteiger partial charge on any atom is 1.00 e. The fraction of sp³-hybridized carbons (Fsp3) is 0.167. The Hall–Kier alpha value is -0.770. The van der Waals surface area contributed by atoms with Crippen LogP contribution in [0.2, 0.25) is 0 Å². The van der Waals surface area contributed by atoms with Crippen LogP contribution in [0.1, 0.15) is 10.4 Å². The predicted molar refractivity (Wildman–Crippen MR) is 71.2 cm³/mol. The van der Waals surface area contributed by atoms with Crippen molar-refractivity contribution in [1.82, 2.24) is 0 Å². The van der Waals surface area contributed by atoms with Gasteiger partial charge in [0.25, 0.3) is 0 Å². The number of carboxylic acid groups (broad SMARTS) is 1. The summed E-state index contributed by atoms with van der Waals surface area (Å²) >= 11 is 1.95. The molecule has 0 spiro atoms. The van der Waals surface area contributed by atoms with Gasteiger partial charge in [0.15, 0.2) is 0 Å². The topological polar surface area (TPSA) is 84.9 Å². The first kappa shape index (κ1) is 19.2. The van der Waals surface area contributed by atoms with Crippen molar-refractivity contribution in [2.24, 2.45) is 0 Å². The summed E-state index contributed by atoms with van der Waals surface area (Å²) in [6.07, 6.45) is 1.02. The summed E-state index contributed by atoms with van der Waals surface area (Å²) in [5, 5.41) is 11.0. The summed E-state index contributed by atoms with van der Waals surface area (Å²) in [7, 11) is 2.49. The second-order valence-electron chi connectivity index (χ2n) is 3.24. The minimum atomic E-state index is -1.41. The molecule has 1 aromatic rings. The van der Waals surface area contributed by atoms with Gasteiger partial charge in [0.1, 0.15) is 12.0 Å². The first-order chi connectivity index (χ1) is 8.99. The van der Waals surface area contributed by atoms with Crippen molar-refractivity contribution in [3.63, 3.8) is 0 Å². The van der Waals surface area contributed by atoms with Crippen LogP contribution in [0.5, 0.6) is 5.75 Å². The third-order valence-electron chi connectivity index (χ3n) is 1.99. The third-order valence-corrected chi connectivity index (χ3v) is 2.66. The number of rotatable bonds is 5. The number of benzene rings is 1. The van der Waals surface area contributed by atoms with E-state index in [1.807, 2.05) is 22.6 Å². The molecule has 0 unspecified atom stereocenters. The van der Waals surface area contributed by atoms with Crippen molar-refractivity contribution in [3.8, 4) is 5.75 Å². The molecule has 8 heteroatoms. The van der Waals surface area contributed by atoms with Gasteiger partial charge in [0, 0.05) is 9.13 Å². The van der Waals surface area contributed by atoms with Gasteiger partial charge < -0.3 is 24.1 Å². The summed E-state index contributed by atoms with van der Waals surface area (Å²) in [5.74, 6) is -2.50. The van der Waals surface area contributed by atoms with Gasteiger partial charge in [-0.05, 0) is 40.8 Å². The molecule has 0 amide bonds. The Balaban J connectivity index is 0.00000361. The number of carbonyl (C=O) groups excluding carboxylic acids is 2. The Bertz CT molecular complexity index is 529. The first-order valence-corrected chi connectivity index (χ1v) is 6.07. The number of halogens is 1. The minimum Gasteiger partial charge on any atom is -0.545 e. The van der Waals surface area contributed by atoms with Crippen LogP contribution in [0.25, 0.3) is 0 Å². The summed E-state index contributed by atoms with van der Waals surface area (Å²) in [6.45, 7) is 0. The molecular formula is C12H10INaO6. The molecular weight excluding hydrogens is 390 g/mol. The van der Waals surface area contributed by atoms with Gasteiger partial charge in [0.2, 0.25) is 5.76 Å². The molecule has 6 nitrogen and oxygen atoms in total. The van der Waals surface area contributed by atoms with Gasteiger partial charge in [-0.25, -0.2) is 4.79 Å². The molecule has 1 aromatic carbocycles. The van der Waals surface area contributed by atoms with Crippen LogP contribution in [0.3, 0.4) is 0 Å². The van der Waals surface area contributed by atoms with Gasteiger partial charge >= 0.3 is 35.5 Å². The van der Waals surface area contributed by atoms with Gasteiger partial charge in [0.05, 0.1) is 20.2 Å². The largest absolute Gasteiger partial charge is 1.00 e. The molecule has 0 radical (unpaired) electrons. The molecule has 0 fully saturated rings. The molecule has 0 aliphatic heterocycles. The average Bonchev–Trinajstić information content (AvgIpc) is 2.38. The normalized spacial score (nSPS) is 10.2. The molecule has 0 N–H and O–H groups in total. The Kier molecular flexibility index (Phi) is 8.86. The van der Waals surface area contributed by atoms with Crippen LogP contribution in [0, 0.1) is 3.57 Å². The SMILES string of the molecule is COC=C(Oc1ccc(I)cc1C(=O)[O-])C(=O)OC.[Na+]. The maximum atomic E-state index is 11.4. The van der Waals surface area contributed by atoms with E-state index in [1.165, 1.54) is 26.4 Å². The number of methoxy groups -OCH3 is 2. The monoisotopic (exact) mass is 400 g/mol. The molecule has 0 saturated carbocycles. The number of esters is 1. The Morgan fingerprint density at radius 2 is 1.95 bits per heavy atom. The molecule has 0 aliphatic rings. The van der Waals surface area contributed by atoms with E-state index < -0.39 is 11.9 Å². The van der Waals surface area contributed by atoms with Crippen LogP contribution < -0.4 is 39.4 Å². The molecule has 0 aliphatic carbocycles. The fourth-order valence-corrected chi connectivity index (χ4v) is 1.68. The Morgan fingerprint density at radius 1 is 1.30 bits per heavy atom. The molecule has 0 bridgehead atoms. The smallest absolute Gasteiger partial charge is 0.545 e. The van der Waals surface area contributed by atoms with E-state index >= 15 is 0 Å². The molecule has 1 rings (SSSR count). The van der Waals surface area contributed by atoms with Gasteiger partial charge in [-0.1, -0.05) is 0 Å². The van der Waals surface area contributed by atoms with E-state index in [9.17, 15) is 14.7 Å². The average molecular weight is 400 g/mol. The number of carboxylic acids is 1. The van der Waals surface area contributed by atoms with Crippen LogP contribution in [0.15, 0.2) is 30.2 Å². The second-order valence-corrected chi connectivity index (χ2v) is 4.49. The van der Waals surface area contributed by atoms with Crippen molar-refractivity contribution in [1.29, 1.82) is 0 Å². The van der Waals surface area contributed by atoms with Crippen LogP contribution in [-0.2, 0) is 14.3 Å². The number of ether oxygens (including phenoxy) is 3. The Labute approximate surface area is 151 Å². The molecule has 0 aromatic heterocycles. The van der Waals surface area contributed by atoms with Crippen molar-refractivity contribution in [3.05, 3.63) is 39.4 Å². The molecule has 20 heavy (non-hydrogen) atoms. The predicted octanol–water partition coefficient (Wildman–Crippen LogP) is -2.30. The van der Waals surface area contributed by atoms with E-state index in [0.29, 0.717) is 3.57 Å². The van der Waals surface area contributed by atoms with E-state index in [4.69, 9.17) is 4.74 Å². The fourth-order valence-electron chi connectivity index (χ4n) is 1.19. The number of carbonyl (C=O) groups is 2. The van der Waals surface area contributed by atoms with Crippen molar-refractivity contribution >= 4 is 34.5 Å². The van der Waals surface area contributed by atoms with Crippen LogP contribution in [0.4, 0.5) is 0 Å². The van der Waals surface area contributed by atoms with E-state index in [-0.39, 0.29) is 46.6 Å². The van der Waals surface area contributed by atoms with Gasteiger partial charge in [-0.3, -0.25) is 0 Å². The summed E-state index contributed by atoms with van der Waals surface area (Å²) in [6, 6.07) is 4.41. The molecule has 102 valence electrons. The van der Waals surface area contributed by atoms with Crippen molar-refractivity contribution in [2.75, 3.05) is 14.2 Å². The standard InChI is InChI=1S/C12H11IO6.Na/c1-17-6-10(12(16)18-2)19-9-4-3-7(13)5-8(9)11(14)15;/h3-6H,1-2H3,(H,14,15);/q;+1/p-1. The summed E-state index contributed by atoms with van der Waals surface area (Å²) < 4.78 is 15.0. The van der Waals surface area contributed by atoms with E-state index in [1.54, 1.807) is 6.07 Å². The molecule has 0 heterocycles. The zero-order valence-electron chi connectivity index (χ0n) is 11.1. The summed E-state index contributed by atoms with van der Waals surface area (Å²) in [5.41, 5.74) is -0.169.